The highest BCUT2D eigenvalue weighted by Gasteiger charge is 2.04. The number of nitrogens with one attached hydrogen (secondary N) is 1. The average molecular weight is 220 g/mol. The van der Waals surface area contributed by atoms with Gasteiger partial charge in [0.05, 0.1) is 5.52 Å². The predicted molar refractivity (Wildman–Crippen MR) is 62.5 cm³/mol. The molecule has 1 aromatic heterocycles. The van der Waals surface area contributed by atoms with E-state index in [0.29, 0.717) is 10.7 Å². The molecular formula is C11H10ClN3. The molecule has 0 unspecified atom stereocenters. The summed E-state index contributed by atoms with van der Waals surface area (Å²) >= 11 is 5.88. The number of nitrogen functional groups attached to an aromatic ring is 1. The largest absolute Gasteiger partial charge is 0.382 e. The van der Waals surface area contributed by atoms with Gasteiger partial charge >= 0.3 is 0 Å². The Morgan fingerprint density at radius 3 is 2.80 bits per heavy atom. The molecule has 0 aliphatic heterocycles. The fourth-order valence-corrected chi connectivity index (χ4v) is 1.68. The molecule has 0 atom stereocenters. The van der Waals surface area contributed by atoms with E-state index in [0.717, 1.165) is 16.5 Å². The normalized spacial score (nSPS) is 10.5. The number of pyridine rings is 1. The second-order valence-corrected chi connectivity index (χ2v) is 3.84. The van der Waals surface area contributed by atoms with Crippen LogP contribution in [0.2, 0.25) is 5.02 Å². The first-order valence-electron chi connectivity index (χ1n) is 4.49. The third-order valence-corrected chi connectivity index (χ3v) is 2.49. The van der Waals surface area contributed by atoms with Crippen molar-refractivity contribution in [3.8, 4) is 0 Å². The third-order valence-electron chi connectivity index (χ3n) is 2.25. The number of hydrogen-bond acceptors (Lipinski definition) is 2. The number of nitrogens with two attached hydrogens (primary N) is 1. The van der Waals surface area contributed by atoms with Crippen LogP contribution < -0.4 is 5.73 Å². The first kappa shape index (κ1) is 9.93. The summed E-state index contributed by atoms with van der Waals surface area (Å²) < 4.78 is 0. The molecule has 1 aromatic carbocycles. The number of amidine groups is 1. The van der Waals surface area contributed by atoms with Crippen LogP contribution >= 0.6 is 11.6 Å². The zero-order chi connectivity index (χ0) is 11.0. The molecule has 4 heteroatoms. The molecular weight excluding hydrogens is 210 g/mol. The second-order valence-electron chi connectivity index (χ2n) is 3.40. The molecule has 76 valence electrons. The first-order valence-corrected chi connectivity index (χ1v) is 4.87. The summed E-state index contributed by atoms with van der Waals surface area (Å²) in [6.07, 6.45) is 0. The molecule has 2 rings (SSSR count). The highest BCUT2D eigenvalue weighted by Crippen LogP contribution is 2.21. The van der Waals surface area contributed by atoms with Crippen LogP contribution in [0.1, 0.15) is 11.3 Å². The van der Waals surface area contributed by atoms with Gasteiger partial charge in [-0.3, -0.25) is 5.41 Å². The number of aromatic nitrogens is 1. The van der Waals surface area contributed by atoms with Gasteiger partial charge in [-0.25, -0.2) is 4.98 Å². The highest BCUT2D eigenvalue weighted by atomic mass is 35.5. The summed E-state index contributed by atoms with van der Waals surface area (Å²) in [5.41, 5.74) is 7.70. The van der Waals surface area contributed by atoms with Crippen LogP contribution in [0.3, 0.4) is 0 Å². The molecule has 0 spiro atoms. The maximum absolute atomic E-state index is 7.34. The van der Waals surface area contributed by atoms with Crippen LogP contribution in [0.5, 0.6) is 0 Å². The Hall–Kier alpha value is -1.61. The SMILES string of the molecule is Cc1cc(C(=N)N)nc2cc(Cl)ccc12. The van der Waals surface area contributed by atoms with Gasteiger partial charge in [0.15, 0.2) is 0 Å². The van der Waals surface area contributed by atoms with Gasteiger partial charge in [0.25, 0.3) is 0 Å². The Kier molecular flexibility index (Phi) is 2.32. The van der Waals surface area contributed by atoms with Gasteiger partial charge in [0, 0.05) is 10.4 Å². The van der Waals surface area contributed by atoms with E-state index in [9.17, 15) is 0 Å². The lowest BCUT2D eigenvalue weighted by molar-refractivity contribution is 1.28. The monoisotopic (exact) mass is 219 g/mol. The topological polar surface area (TPSA) is 62.8 Å². The van der Waals surface area contributed by atoms with Gasteiger partial charge in [-0.1, -0.05) is 17.7 Å². The zero-order valence-corrected chi connectivity index (χ0v) is 8.97. The Balaban J connectivity index is 2.79. The van der Waals surface area contributed by atoms with Crippen molar-refractivity contribution in [3.05, 3.63) is 40.5 Å². The van der Waals surface area contributed by atoms with Crippen molar-refractivity contribution in [3.63, 3.8) is 0 Å². The zero-order valence-electron chi connectivity index (χ0n) is 8.21. The lowest BCUT2D eigenvalue weighted by Crippen LogP contribution is -2.13. The van der Waals surface area contributed by atoms with Crippen molar-refractivity contribution in [2.45, 2.75) is 6.92 Å². The van der Waals surface area contributed by atoms with Gasteiger partial charge in [-0.05, 0) is 30.7 Å². The number of halogens is 1. The molecule has 1 heterocycles. The standard InChI is InChI=1S/C11H10ClN3/c1-6-4-10(11(13)14)15-9-5-7(12)2-3-8(6)9/h2-5H,1H3,(H3,13,14). The maximum atomic E-state index is 7.34. The van der Waals surface area contributed by atoms with E-state index < -0.39 is 0 Å². The maximum Gasteiger partial charge on any atom is 0.141 e. The van der Waals surface area contributed by atoms with E-state index in [1.54, 1.807) is 12.1 Å². The molecule has 2 aromatic rings. The van der Waals surface area contributed by atoms with Crippen LogP contribution in [-0.4, -0.2) is 10.8 Å². The van der Waals surface area contributed by atoms with E-state index >= 15 is 0 Å². The summed E-state index contributed by atoms with van der Waals surface area (Å²) in [6, 6.07) is 7.32. The van der Waals surface area contributed by atoms with Gasteiger partial charge in [-0.15, -0.1) is 0 Å². The summed E-state index contributed by atoms with van der Waals surface area (Å²) in [5.74, 6) is -0.0278. The Morgan fingerprint density at radius 2 is 2.13 bits per heavy atom. The van der Waals surface area contributed by atoms with E-state index in [1.807, 2.05) is 19.1 Å². The second kappa shape index (κ2) is 3.51. The molecule has 3 nitrogen and oxygen atoms in total. The molecule has 0 aliphatic rings. The van der Waals surface area contributed by atoms with E-state index in [2.05, 4.69) is 4.98 Å². The lowest BCUT2D eigenvalue weighted by atomic mass is 10.1. The fourth-order valence-electron chi connectivity index (χ4n) is 1.51. The fraction of sp³-hybridized carbons (Fsp3) is 0.0909. The number of nitrogens with zero attached hydrogens (tertiary/aromatic N) is 1. The first-order chi connectivity index (χ1) is 7.08. The van der Waals surface area contributed by atoms with Gasteiger partial charge in [-0.2, -0.15) is 0 Å². The van der Waals surface area contributed by atoms with Crippen molar-refractivity contribution >= 4 is 28.3 Å². The van der Waals surface area contributed by atoms with Crippen LogP contribution in [0, 0.1) is 12.3 Å². The van der Waals surface area contributed by atoms with Gasteiger partial charge in [0.2, 0.25) is 0 Å². The highest BCUT2D eigenvalue weighted by molar-refractivity contribution is 6.31. The number of fused-ring (bicyclic) bond motifs is 1. The Morgan fingerprint density at radius 1 is 1.40 bits per heavy atom. The predicted octanol–water partition coefficient (Wildman–Crippen LogP) is 2.48. The molecule has 0 bridgehead atoms. The van der Waals surface area contributed by atoms with E-state index in [-0.39, 0.29) is 5.84 Å². The summed E-state index contributed by atoms with van der Waals surface area (Å²) in [7, 11) is 0. The quantitative estimate of drug-likeness (QED) is 0.572. The average Bonchev–Trinajstić information content (AvgIpc) is 2.16. The van der Waals surface area contributed by atoms with Crippen molar-refractivity contribution in [2.24, 2.45) is 5.73 Å². The molecule has 0 saturated heterocycles. The van der Waals surface area contributed by atoms with E-state index in [1.165, 1.54) is 0 Å². The third kappa shape index (κ3) is 1.78. The number of hydrogen-bond donors (Lipinski definition) is 2. The van der Waals surface area contributed by atoms with Crippen molar-refractivity contribution in [1.82, 2.24) is 4.98 Å². The minimum Gasteiger partial charge on any atom is -0.382 e. The summed E-state index contributed by atoms with van der Waals surface area (Å²) in [6.45, 7) is 1.96. The van der Waals surface area contributed by atoms with Crippen molar-refractivity contribution in [2.75, 3.05) is 0 Å². The van der Waals surface area contributed by atoms with Crippen LogP contribution in [0.25, 0.3) is 10.9 Å². The van der Waals surface area contributed by atoms with E-state index in [4.69, 9.17) is 22.7 Å². The van der Waals surface area contributed by atoms with Crippen molar-refractivity contribution < 1.29 is 0 Å². The minimum atomic E-state index is -0.0278. The molecule has 3 N–H and O–H groups in total. The Labute approximate surface area is 92.4 Å². The summed E-state index contributed by atoms with van der Waals surface area (Å²) in [5, 5.41) is 9.01. The van der Waals surface area contributed by atoms with Crippen molar-refractivity contribution in [1.29, 1.82) is 5.41 Å². The number of aryl methyl sites for hydroxylation is 1. The minimum absolute atomic E-state index is 0.0278. The van der Waals surface area contributed by atoms with Crippen LogP contribution in [0.15, 0.2) is 24.3 Å². The van der Waals surface area contributed by atoms with Crippen LogP contribution in [-0.2, 0) is 0 Å². The molecule has 0 radical (unpaired) electrons. The molecule has 15 heavy (non-hydrogen) atoms. The summed E-state index contributed by atoms with van der Waals surface area (Å²) in [4.78, 5) is 4.26. The van der Waals surface area contributed by atoms with Gasteiger partial charge < -0.3 is 5.73 Å². The molecule has 0 aliphatic carbocycles. The number of rotatable bonds is 1. The van der Waals surface area contributed by atoms with Crippen LogP contribution in [0.4, 0.5) is 0 Å². The number of benzene rings is 1. The Bertz CT molecular complexity index is 549. The molecule has 0 fully saturated rings. The molecule has 0 amide bonds. The smallest absolute Gasteiger partial charge is 0.141 e. The lowest BCUT2D eigenvalue weighted by Gasteiger charge is -2.05. The molecule has 0 saturated carbocycles. The van der Waals surface area contributed by atoms with Gasteiger partial charge in [0.1, 0.15) is 11.5 Å².